The molecule has 0 spiro atoms. The van der Waals surface area contributed by atoms with E-state index in [0.29, 0.717) is 30.9 Å². The highest BCUT2D eigenvalue weighted by Crippen LogP contribution is 2.20. The Morgan fingerprint density at radius 3 is 2.64 bits per heavy atom. The van der Waals surface area contributed by atoms with Crippen molar-refractivity contribution in [2.24, 2.45) is 4.99 Å². The average Bonchev–Trinajstić information content (AvgIpc) is 3.34. The molecule has 3 rings (SSSR count). The zero-order chi connectivity index (χ0) is 19.9. The first-order chi connectivity index (χ1) is 13.5. The summed E-state index contributed by atoms with van der Waals surface area (Å²) >= 11 is 0. The Labute approximate surface area is 165 Å². The minimum atomic E-state index is 0.334. The van der Waals surface area contributed by atoms with Crippen LogP contribution in [0.3, 0.4) is 0 Å². The van der Waals surface area contributed by atoms with E-state index in [9.17, 15) is 0 Å². The van der Waals surface area contributed by atoms with Gasteiger partial charge in [0.1, 0.15) is 6.54 Å². The molecule has 2 N–H and O–H groups in total. The minimum absolute atomic E-state index is 0.334. The molecule has 0 aliphatic rings. The molecule has 3 aromatic rings. The van der Waals surface area contributed by atoms with Crippen LogP contribution < -0.4 is 10.6 Å². The third-order valence-corrected chi connectivity index (χ3v) is 4.20. The van der Waals surface area contributed by atoms with Crippen molar-refractivity contribution in [3.05, 3.63) is 59.4 Å². The third kappa shape index (κ3) is 5.22. The van der Waals surface area contributed by atoms with E-state index in [1.807, 2.05) is 25.1 Å². The van der Waals surface area contributed by atoms with Crippen LogP contribution in [-0.4, -0.2) is 22.6 Å². The Kier molecular flexibility index (Phi) is 6.47. The van der Waals surface area contributed by atoms with Crippen LogP contribution in [0.15, 0.2) is 50.5 Å². The van der Waals surface area contributed by atoms with E-state index in [1.165, 1.54) is 5.56 Å². The summed E-state index contributed by atoms with van der Waals surface area (Å²) < 4.78 is 11.2. The van der Waals surface area contributed by atoms with E-state index < -0.39 is 0 Å². The van der Waals surface area contributed by atoms with E-state index in [1.54, 1.807) is 6.20 Å². The summed E-state index contributed by atoms with van der Waals surface area (Å²) in [7, 11) is 0. The first-order valence-corrected chi connectivity index (χ1v) is 9.54. The topological polar surface area (TPSA) is 88.5 Å². The number of hydrogen-bond acceptors (Lipinski definition) is 5. The van der Waals surface area contributed by atoms with Gasteiger partial charge in [-0.2, -0.15) is 0 Å². The summed E-state index contributed by atoms with van der Waals surface area (Å²) in [6.07, 6.45) is 1.74. The molecule has 0 amide bonds. The van der Waals surface area contributed by atoms with E-state index >= 15 is 0 Å². The second-order valence-electron chi connectivity index (χ2n) is 6.91. The third-order valence-electron chi connectivity index (χ3n) is 4.20. The Morgan fingerprint density at radius 1 is 1.18 bits per heavy atom. The zero-order valence-corrected chi connectivity index (χ0v) is 16.8. The van der Waals surface area contributed by atoms with Gasteiger partial charge >= 0.3 is 0 Å². The molecule has 7 nitrogen and oxygen atoms in total. The summed E-state index contributed by atoms with van der Waals surface area (Å²) in [6.45, 7) is 9.84. The van der Waals surface area contributed by atoms with Gasteiger partial charge < -0.3 is 19.6 Å². The Bertz CT molecular complexity index is 909. The van der Waals surface area contributed by atoms with Crippen molar-refractivity contribution in [3.63, 3.8) is 0 Å². The molecule has 0 atom stereocenters. The lowest BCUT2D eigenvalue weighted by Gasteiger charge is -2.09. The molecule has 7 heteroatoms. The zero-order valence-electron chi connectivity index (χ0n) is 16.8. The van der Waals surface area contributed by atoms with Crippen molar-refractivity contribution in [1.29, 1.82) is 0 Å². The minimum Gasteiger partial charge on any atom is -0.439 e. The van der Waals surface area contributed by atoms with Gasteiger partial charge in [-0.3, -0.25) is 0 Å². The highest BCUT2D eigenvalue weighted by atomic mass is 16.5. The molecule has 148 valence electrons. The number of rotatable bonds is 7. The predicted octanol–water partition coefficient (Wildman–Crippen LogP) is 4.02. The van der Waals surface area contributed by atoms with Gasteiger partial charge in [-0.05, 0) is 19.8 Å². The van der Waals surface area contributed by atoms with Crippen LogP contribution in [0.5, 0.6) is 0 Å². The quantitative estimate of drug-likeness (QED) is 0.475. The van der Waals surface area contributed by atoms with Crippen molar-refractivity contribution in [1.82, 2.24) is 20.8 Å². The lowest BCUT2D eigenvalue weighted by atomic mass is 10.1. The molecule has 0 fully saturated rings. The number of benzene rings is 1. The maximum Gasteiger partial charge on any atom is 0.214 e. The van der Waals surface area contributed by atoms with Gasteiger partial charge in [-0.25, -0.2) is 9.98 Å². The number of nitrogens with one attached hydrogen (secondary N) is 2. The molecule has 0 bridgehead atoms. The van der Waals surface area contributed by atoms with Crippen LogP contribution in [0.1, 0.15) is 49.6 Å². The smallest absolute Gasteiger partial charge is 0.214 e. The molecule has 0 aliphatic heterocycles. The number of guanidine groups is 1. The molecule has 0 unspecified atom stereocenters. The maximum atomic E-state index is 5.85. The van der Waals surface area contributed by atoms with Crippen molar-refractivity contribution in [2.45, 2.75) is 46.7 Å². The van der Waals surface area contributed by atoms with Crippen molar-refractivity contribution < 1.29 is 8.94 Å². The number of oxazole rings is 1. The van der Waals surface area contributed by atoms with Crippen LogP contribution >= 0.6 is 0 Å². The number of aliphatic imine (C=N–C) groups is 1. The molecule has 28 heavy (non-hydrogen) atoms. The van der Waals surface area contributed by atoms with Crippen LogP contribution in [0.2, 0.25) is 0 Å². The monoisotopic (exact) mass is 381 g/mol. The second kappa shape index (κ2) is 9.21. The molecule has 2 heterocycles. The molecular weight excluding hydrogens is 354 g/mol. The van der Waals surface area contributed by atoms with Gasteiger partial charge in [-0.15, -0.1) is 0 Å². The van der Waals surface area contributed by atoms with Crippen LogP contribution in [-0.2, 0) is 13.1 Å². The molecule has 0 saturated heterocycles. The van der Waals surface area contributed by atoms with Gasteiger partial charge in [0.2, 0.25) is 5.89 Å². The van der Waals surface area contributed by atoms with Crippen molar-refractivity contribution in [2.75, 3.05) is 6.54 Å². The lowest BCUT2D eigenvalue weighted by molar-refractivity contribution is 0.376. The van der Waals surface area contributed by atoms with Crippen molar-refractivity contribution in [3.8, 4) is 11.3 Å². The maximum absolute atomic E-state index is 5.85. The summed E-state index contributed by atoms with van der Waals surface area (Å²) in [5, 5.41) is 10.5. The van der Waals surface area contributed by atoms with Crippen molar-refractivity contribution >= 4 is 5.96 Å². The van der Waals surface area contributed by atoms with E-state index in [0.717, 1.165) is 29.3 Å². The lowest BCUT2D eigenvalue weighted by Crippen LogP contribution is -2.36. The Morgan fingerprint density at radius 2 is 1.96 bits per heavy atom. The summed E-state index contributed by atoms with van der Waals surface area (Å²) in [6, 6.07) is 10.1. The molecule has 0 saturated carbocycles. The van der Waals surface area contributed by atoms with Gasteiger partial charge in [-0.1, -0.05) is 48.8 Å². The Hall–Kier alpha value is -3.09. The molecular formula is C21H27N5O2. The Balaban J connectivity index is 1.60. The van der Waals surface area contributed by atoms with E-state index in [2.05, 4.69) is 58.7 Å². The standard InChI is InChI=1S/C21H27N5O2/c1-5-22-21(24-11-17-10-18(14(2)3)26-28-17)25-13-20-23-12-19(27-20)16-8-6-15(4)7-9-16/h6-10,12,14H,5,11,13H2,1-4H3,(H2,22,24,25). The van der Waals surface area contributed by atoms with Gasteiger partial charge in [0.05, 0.1) is 18.4 Å². The number of aryl methyl sites for hydroxylation is 1. The predicted molar refractivity (Wildman–Crippen MR) is 109 cm³/mol. The van der Waals surface area contributed by atoms with Crippen LogP contribution in [0.4, 0.5) is 0 Å². The van der Waals surface area contributed by atoms with E-state index in [4.69, 9.17) is 8.94 Å². The molecule has 1 aromatic carbocycles. The number of aromatic nitrogens is 2. The molecule has 0 aliphatic carbocycles. The first kappa shape index (κ1) is 19.7. The molecule has 2 aromatic heterocycles. The average molecular weight is 381 g/mol. The van der Waals surface area contributed by atoms with E-state index in [-0.39, 0.29) is 0 Å². The van der Waals surface area contributed by atoms with Crippen LogP contribution in [0.25, 0.3) is 11.3 Å². The summed E-state index contributed by atoms with van der Waals surface area (Å²) in [4.78, 5) is 8.88. The largest absolute Gasteiger partial charge is 0.439 e. The fourth-order valence-corrected chi connectivity index (χ4v) is 2.58. The summed E-state index contributed by atoms with van der Waals surface area (Å²) in [5.74, 6) is 3.09. The van der Waals surface area contributed by atoms with Gasteiger partial charge in [0.25, 0.3) is 0 Å². The normalized spacial score (nSPS) is 11.8. The second-order valence-corrected chi connectivity index (χ2v) is 6.91. The number of nitrogens with zero attached hydrogens (tertiary/aromatic N) is 3. The first-order valence-electron chi connectivity index (χ1n) is 9.54. The fraction of sp³-hybridized carbons (Fsp3) is 0.381. The SMILES string of the molecule is CCNC(=NCc1cc(C(C)C)no1)NCc1ncc(-c2ccc(C)cc2)o1. The highest BCUT2D eigenvalue weighted by Gasteiger charge is 2.09. The molecule has 0 radical (unpaired) electrons. The van der Waals surface area contributed by atoms with Crippen LogP contribution in [0, 0.1) is 6.92 Å². The summed E-state index contributed by atoms with van der Waals surface area (Å²) in [5.41, 5.74) is 3.16. The van der Waals surface area contributed by atoms with Gasteiger partial charge in [0, 0.05) is 18.2 Å². The number of hydrogen-bond donors (Lipinski definition) is 2. The fourth-order valence-electron chi connectivity index (χ4n) is 2.58. The van der Waals surface area contributed by atoms with Gasteiger partial charge in [0.15, 0.2) is 17.5 Å². The highest BCUT2D eigenvalue weighted by molar-refractivity contribution is 5.79.